The first-order valence-corrected chi connectivity index (χ1v) is 10.7. The summed E-state index contributed by atoms with van der Waals surface area (Å²) in [4.78, 5) is 28.7. The number of amides is 1. The van der Waals surface area contributed by atoms with Crippen LogP contribution in [0.5, 0.6) is 0 Å². The van der Waals surface area contributed by atoms with Gasteiger partial charge < -0.3 is 14.9 Å². The van der Waals surface area contributed by atoms with Gasteiger partial charge in [0.25, 0.3) is 5.91 Å². The Morgan fingerprint density at radius 2 is 1.66 bits per heavy atom. The Bertz CT molecular complexity index is 905. The molecule has 6 heteroatoms. The molecule has 1 heterocycles. The molecule has 0 radical (unpaired) electrons. The summed E-state index contributed by atoms with van der Waals surface area (Å²) >= 11 is 3.42. The van der Waals surface area contributed by atoms with Gasteiger partial charge in [-0.3, -0.25) is 9.59 Å². The zero-order valence-corrected chi connectivity index (χ0v) is 18.2. The van der Waals surface area contributed by atoms with E-state index in [0.29, 0.717) is 12.1 Å². The molecule has 1 saturated heterocycles. The zero-order valence-electron chi connectivity index (χ0n) is 16.7. The van der Waals surface area contributed by atoms with Crippen LogP contribution in [-0.2, 0) is 9.59 Å². The number of halogens is 1. The van der Waals surface area contributed by atoms with Gasteiger partial charge in [-0.2, -0.15) is 0 Å². The number of carbonyl (C=O) groups excluding carboxylic acids is 2. The van der Waals surface area contributed by atoms with Crippen molar-refractivity contribution in [2.45, 2.75) is 19.9 Å². The molecular formula is C23H25BrN2O3. The minimum absolute atomic E-state index is 0.0399. The number of ketones is 1. The van der Waals surface area contributed by atoms with E-state index in [1.807, 2.05) is 30.3 Å². The Kier molecular flexibility index (Phi) is 6.87. The fraction of sp³-hybridized carbons (Fsp3) is 0.304. The minimum Gasteiger partial charge on any atom is -0.872 e. The normalized spacial score (nSPS) is 18.6. The Morgan fingerprint density at radius 1 is 1.03 bits per heavy atom. The lowest BCUT2D eigenvalue weighted by Gasteiger charge is -2.28. The predicted molar refractivity (Wildman–Crippen MR) is 114 cm³/mol. The smallest absolute Gasteiger partial charge is 0.295 e. The molecular weight excluding hydrogens is 432 g/mol. The highest BCUT2D eigenvalue weighted by molar-refractivity contribution is 9.10. The van der Waals surface area contributed by atoms with E-state index in [4.69, 9.17) is 0 Å². The maximum Gasteiger partial charge on any atom is 0.295 e. The first-order chi connectivity index (χ1) is 14.0. The van der Waals surface area contributed by atoms with E-state index in [2.05, 4.69) is 29.8 Å². The van der Waals surface area contributed by atoms with Crippen LogP contribution in [0.25, 0.3) is 5.76 Å². The van der Waals surface area contributed by atoms with Crippen LogP contribution >= 0.6 is 15.9 Å². The van der Waals surface area contributed by atoms with Crippen molar-refractivity contribution in [2.75, 3.05) is 26.2 Å². The molecule has 0 spiro atoms. The topological polar surface area (TPSA) is 64.9 Å². The van der Waals surface area contributed by atoms with Crippen molar-refractivity contribution in [2.24, 2.45) is 0 Å². The van der Waals surface area contributed by atoms with Crippen LogP contribution in [0.4, 0.5) is 0 Å². The van der Waals surface area contributed by atoms with Crippen molar-refractivity contribution in [3.63, 3.8) is 0 Å². The second-order valence-electron chi connectivity index (χ2n) is 7.10. The molecule has 1 unspecified atom stereocenters. The lowest BCUT2D eigenvalue weighted by molar-refractivity contribution is -0.895. The Balaban J connectivity index is 2.07. The second kappa shape index (κ2) is 9.37. The Hall–Kier alpha value is -2.44. The van der Waals surface area contributed by atoms with Crippen molar-refractivity contribution in [1.82, 2.24) is 4.90 Å². The van der Waals surface area contributed by atoms with Gasteiger partial charge in [0, 0.05) is 10.0 Å². The summed E-state index contributed by atoms with van der Waals surface area (Å²) in [6, 6.07) is 15.5. The first kappa shape index (κ1) is 21.3. The van der Waals surface area contributed by atoms with Gasteiger partial charge in [0.2, 0.25) is 5.78 Å². The number of likely N-dealkylation sites (N-methyl/N-ethyl adjacent to an activating group) is 1. The quantitative estimate of drug-likeness (QED) is 0.390. The third-order valence-electron chi connectivity index (χ3n) is 5.46. The number of Topliss-reactive ketones (excluding diaryl/α,β-unsaturated/α-hetero) is 1. The maximum absolute atomic E-state index is 13.2. The molecule has 0 aromatic heterocycles. The summed E-state index contributed by atoms with van der Waals surface area (Å²) in [6.45, 7) is 7.22. The molecule has 2 aromatic rings. The van der Waals surface area contributed by atoms with Gasteiger partial charge >= 0.3 is 0 Å². The molecule has 3 rings (SSSR count). The molecule has 1 atom stereocenters. The SMILES string of the molecule is CC[NH+](CC)CCN1C(=O)C(=O)/C(=C(/[O-])c2ccccc2)C1c1ccc(Br)cc1. The van der Waals surface area contributed by atoms with Crippen LogP contribution in [0.3, 0.4) is 0 Å². The summed E-state index contributed by atoms with van der Waals surface area (Å²) in [6.07, 6.45) is 0. The molecule has 2 aromatic carbocycles. The van der Waals surface area contributed by atoms with Crippen LogP contribution in [-0.4, -0.2) is 42.8 Å². The van der Waals surface area contributed by atoms with Crippen molar-refractivity contribution < 1.29 is 19.6 Å². The van der Waals surface area contributed by atoms with Crippen LogP contribution in [0.15, 0.2) is 64.6 Å². The molecule has 0 saturated carbocycles. The summed E-state index contributed by atoms with van der Waals surface area (Å²) in [5, 5.41) is 13.2. The van der Waals surface area contributed by atoms with Crippen molar-refractivity contribution in [1.29, 1.82) is 0 Å². The summed E-state index contributed by atoms with van der Waals surface area (Å²) in [5.41, 5.74) is 1.22. The standard InChI is InChI=1S/C23H25BrN2O3/c1-3-25(4-2)14-15-26-20(16-10-12-18(24)13-11-16)19(22(28)23(26)29)21(27)17-8-6-5-7-9-17/h5-13,20,27H,3-4,14-15H2,1-2H3/b21-19+. The van der Waals surface area contributed by atoms with E-state index >= 15 is 0 Å². The van der Waals surface area contributed by atoms with E-state index < -0.39 is 17.7 Å². The highest BCUT2D eigenvalue weighted by Gasteiger charge is 2.44. The third-order valence-corrected chi connectivity index (χ3v) is 5.99. The lowest BCUT2D eigenvalue weighted by atomic mass is 9.95. The van der Waals surface area contributed by atoms with E-state index in [1.165, 1.54) is 4.90 Å². The number of hydrogen-bond donors (Lipinski definition) is 1. The molecule has 29 heavy (non-hydrogen) atoms. The van der Waals surface area contributed by atoms with Crippen molar-refractivity contribution >= 4 is 33.4 Å². The van der Waals surface area contributed by atoms with Gasteiger partial charge in [-0.25, -0.2) is 0 Å². The monoisotopic (exact) mass is 456 g/mol. The number of hydrogen-bond acceptors (Lipinski definition) is 3. The van der Waals surface area contributed by atoms with Crippen LogP contribution < -0.4 is 10.0 Å². The number of nitrogens with one attached hydrogen (secondary N) is 1. The zero-order chi connectivity index (χ0) is 21.0. The van der Waals surface area contributed by atoms with Gasteiger partial charge in [-0.15, -0.1) is 0 Å². The van der Waals surface area contributed by atoms with Crippen LogP contribution in [0.2, 0.25) is 0 Å². The number of nitrogens with zero attached hydrogens (tertiary/aromatic N) is 1. The van der Waals surface area contributed by atoms with E-state index in [-0.39, 0.29) is 11.3 Å². The summed E-state index contributed by atoms with van der Waals surface area (Å²) in [7, 11) is 0. The number of quaternary nitrogens is 1. The first-order valence-electron chi connectivity index (χ1n) is 9.88. The van der Waals surface area contributed by atoms with Gasteiger partial charge in [0.05, 0.1) is 32.2 Å². The number of rotatable bonds is 7. The van der Waals surface area contributed by atoms with Crippen LogP contribution in [0, 0.1) is 0 Å². The summed E-state index contributed by atoms with van der Waals surface area (Å²) in [5.74, 6) is -1.67. The molecule has 0 aliphatic carbocycles. The van der Waals surface area contributed by atoms with Crippen molar-refractivity contribution in [3.05, 3.63) is 75.8 Å². The number of carbonyl (C=O) groups is 2. The molecule has 1 aliphatic rings. The maximum atomic E-state index is 13.2. The van der Waals surface area contributed by atoms with Gasteiger partial charge in [0.1, 0.15) is 0 Å². The average molecular weight is 457 g/mol. The molecule has 152 valence electrons. The average Bonchev–Trinajstić information content (AvgIpc) is 3.00. The predicted octanol–water partition coefficient (Wildman–Crippen LogP) is 1.60. The Labute approximate surface area is 179 Å². The molecule has 0 bridgehead atoms. The fourth-order valence-electron chi connectivity index (χ4n) is 3.72. The highest BCUT2D eigenvalue weighted by Crippen LogP contribution is 2.38. The number of likely N-dealkylation sites (tertiary alicyclic amines) is 1. The van der Waals surface area contributed by atoms with Gasteiger partial charge in [0.15, 0.2) is 0 Å². The second-order valence-corrected chi connectivity index (χ2v) is 8.01. The molecule has 1 amide bonds. The molecule has 5 nitrogen and oxygen atoms in total. The van der Waals surface area contributed by atoms with Gasteiger partial charge in [-0.1, -0.05) is 64.2 Å². The molecule has 1 N–H and O–H groups in total. The summed E-state index contributed by atoms with van der Waals surface area (Å²) < 4.78 is 0.895. The van der Waals surface area contributed by atoms with E-state index in [0.717, 1.165) is 29.7 Å². The van der Waals surface area contributed by atoms with Crippen molar-refractivity contribution in [3.8, 4) is 0 Å². The molecule has 1 aliphatic heterocycles. The van der Waals surface area contributed by atoms with Gasteiger partial charge in [-0.05, 0) is 37.1 Å². The van der Waals surface area contributed by atoms with E-state index in [1.54, 1.807) is 29.2 Å². The highest BCUT2D eigenvalue weighted by atomic mass is 79.9. The lowest BCUT2D eigenvalue weighted by Crippen LogP contribution is -3.12. The van der Waals surface area contributed by atoms with E-state index in [9.17, 15) is 14.7 Å². The minimum atomic E-state index is -0.693. The molecule has 1 fully saturated rings. The number of benzene rings is 2. The third kappa shape index (κ3) is 4.43. The van der Waals surface area contributed by atoms with Crippen LogP contribution in [0.1, 0.15) is 31.0 Å². The largest absolute Gasteiger partial charge is 0.872 e. The fourth-order valence-corrected chi connectivity index (χ4v) is 3.98. The Morgan fingerprint density at radius 3 is 2.24 bits per heavy atom.